The molecule has 4 nitrogen and oxygen atoms in total. The Morgan fingerprint density at radius 2 is 2.44 bits per heavy atom. The van der Waals surface area contributed by atoms with Crippen LogP contribution in [-0.2, 0) is 9.53 Å². The summed E-state index contributed by atoms with van der Waals surface area (Å²) in [7, 11) is 0. The van der Waals surface area contributed by atoms with Gasteiger partial charge in [-0.05, 0) is 19.3 Å². The molecule has 2 saturated heterocycles. The van der Waals surface area contributed by atoms with Crippen LogP contribution in [0.3, 0.4) is 0 Å². The molecule has 0 aliphatic carbocycles. The fourth-order valence-corrected chi connectivity index (χ4v) is 3.71. The fraction of sp³-hybridized carbons (Fsp3) is 0.923. The molecular weight excluding hydrogens is 248 g/mol. The monoisotopic (exact) mass is 272 g/mol. The number of carbonyl (C=O) groups excluding carboxylic acids is 1. The van der Waals surface area contributed by atoms with Gasteiger partial charge in [0.15, 0.2) is 0 Å². The molecule has 0 aromatic heterocycles. The molecule has 2 heterocycles. The van der Waals surface area contributed by atoms with Crippen molar-refractivity contribution >= 4 is 17.7 Å². The van der Waals surface area contributed by atoms with Gasteiger partial charge in [0, 0.05) is 37.2 Å². The third-order valence-electron chi connectivity index (χ3n) is 3.60. The quantitative estimate of drug-likeness (QED) is 0.814. The lowest BCUT2D eigenvalue weighted by Gasteiger charge is -2.31. The molecule has 0 aromatic carbocycles. The lowest BCUT2D eigenvalue weighted by Crippen LogP contribution is -2.45. The van der Waals surface area contributed by atoms with E-state index in [1.54, 1.807) is 0 Å². The first-order valence-electron chi connectivity index (χ1n) is 7.00. The zero-order valence-corrected chi connectivity index (χ0v) is 12.0. The molecular formula is C13H24N2O2S. The molecule has 0 bridgehead atoms. The van der Waals surface area contributed by atoms with E-state index in [1.807, 2.05) is 11.8 Å². The van der Waals surface area contributed by atoms with Crippen molar-refractivity contribution in [3.05, 3.63) is 0 Å². The first-order chi connectivity index (χ1) is 8.78. The van der Waals surface area contributed by atoms with E-state index in [2.05, 4.69) is 17.1 Å². The minimum absolute atomic E-state index is 0.146. The van der Waals surface area contributed by atoms with Crippen LogP contribution in [0, 0.1) is 0 Å². The molecule has 2 rings (SSSR count). The topological polar surface area (TPSA) is 41.6 Å². The van der Waals surface area contributed by atoms with Crippen LogP contribution in [0.4, 0.5) is 0 Å². The summed E-state index contributed by atoms with van der Waals surface area (Å²) in [5, 5.41) is 3.69. The minimum Gasteiger partial charge on any atom is -0.376 e. The van der Waals surface area contributed by atoms with Crippen molar-refractivity contribution in [3.8, 4) is 0 Å². The molecule has 2 aliphatic heterocycles. The third-order valence-corrected chi connectivity index (χ3v) is 4.97. The smallest absolute Gasteiger partial charge is 0.234 e. The van der Waals surface area contributed by atoms with E-state index in [9.17, 15) is 4.79 Å². The number of nitrogens with one attached hydrogen (secondary N) is 1. The molecule has 5 heteroatoms. The van der Waals surface area contributed by atoms with E-state index in [0.29, 0.717) is 18.3 Å². The normalized spacial score (nSPS) is 29.4. The van der Waals surface area contributed by atoms with Crippen LogP contribution >= 0.6 is 11.8 Å². The van der Waals surface area contributed by atoms with E-state index >= 15 is 0 Å². The fourth-order valence-electron chi connectivity index (χ4n) is 2.46. The highest BCUT2D eigenvalue weighted by molar-refractivity contribution is 8.00. The summed E-state index contributed by atoms with van der Waals surface area (Å²) < 4.78 is 5.50. The van der Waals surface area contributed by atoms with E-state index in [-0.39, 0.29) is 12.0 Å². The van der Waals surface area contributed by atoms with Crippen LogP contribution in [-0.4, -0.2) is 60.7 Å². The maximum absolute atomic E-state index is 11.8. The highest BCUT2D eigenvalue weighted by atomic mass is 32.2. The van der Waals surface area contributed by atoms with E-state index in [0.717, 1.165) is 38.3 Å². The molecule has 104 valence electrons. The Labute approximate surface area is 114 Å². The van der Waals surface area contributed by atoms with Gasteiger partial charge in [-0.1, -0.05) is 6.92 Å². The first-order valence-corrected chi connectivity index (χ1v) is 8.05. The van der Waals surface area contributed by atoms with Crippen molar-refractivity contribution in [2.24, 2.45) is 0 Å². The number of nitrogens with zero attached hydrogens (tertiary/aromatic N) is 1. The van der Waals surface area contributed by atoms with Gasteiger partial charge in [0.1, 0.15) is 0 Å². The number of carbonyl (C=O) groups is 1. The van der Waals surface area contributed by atoms with Crippen molar-refractivity contribution in [1.29, 1.82) is 0 Å². The maximum Gasteiger partial charge on any atom is 0.234 e. The van der Waals surface area contributed by atoms with Crippen LogP contribution in [0.15, 0.2) is 0 Å². The number of ether oxygens (including phenoxy) is 1. The highest BCUT2D eigenvalue weighted by Crippen LogP contribution is 2.20. The Morgan fingerprint density at radius 3 is 3.17 bits per heavy atom. The molecule has 2 unspecified atom stereocenters. The molecule has 0 spiro atoms. The second-order valence-corrected chi connectivity index (χ2v) is 6.48. The predicted octanol–water partition coefficient (Wildman–Crippen LogP) is 1.11. The summed E-state index contributed by atoms with van der Waals surface area (Å²) in [6.45, 7) is 6.38. The number of amides is 1. The summed E-state index contributed by atoms with van der Waals surface area (Å²) in [6.07, 6.45) is 3.65. The van der Waals surface area contributed by atoms with Crippen molar-refractivity contribution in [3.63, 3.8) is 0 Å². The standard InChI is InChI=1S/C13H24N2O2S/c1-2-12-9-15(5-7-18-12)10-13(16)14-8-11-4-3-6-17-11/h11-12H,2-10H2,1H3,(H,14,16). The number of thioether (sulfide) groups is 1. The lowest BCUT2D eigenvalue weighted by atomic mass is 10.2. The van der Waals surface area contributed by atoms with Gasteiger partial charge in [-0.2, -0.15) is 11.8 Å². The average molecular weight is 272 g/mol. The number of hydrogen-bond acceptors (Lipinski definition) is 4. The highest BCUT2D eigenvalue weighted by Gasteiger charge is 2.21. The Bertz CT molecular complexity index is 270. The molecule has 2 fully saturated rings. The van der Waals surface area contributed by atoms with Gasteiger partial charge in [-0.3, -0.25) is 9.69 Å². The van der Waals surface area contributed by atoms with E-state index in [4.69, 9.17) is 4.74 Å². The number of rotatable bonds is 5. The first kappa shape index (κ1) is 14.2. The predicted molar refractivity (Wildman–Crippen MR) is 75.0 cm³/mol. The van der Waals surface area contributed by atoms with Gasteiger partial charge < -0.3 is 10.1 Å². The van der Waals surface area contributed by atoms with Crippen LogP contribution < -0.4 is 5.32 Å². The average Bonchev–Trinajstić information content (AvgIpc) is 2.90. The number of hydrogen-bond donors (Lipinski definition) is 1. The zero-order chi connectivity index (χ0) is 12.8. The SMILES string of the molecule is CCC1CN(CC(=O)NCC2CCCO2)CCS1. The summed E-state index contributed by atoms with van der Waals surface area (Å²) in [5.41, 5.74) is 0. The van der Waals surface area contributed by atoms with Crippen LogP contribution in [0.25, 0.3) is 0 Å². The van der Waals surface area contributed by atoms with Crippen LogP contribution in [0.2, 0.25) is 0 Å². The Balaban J connectivity index is 1.63. The summed E-state index contributed by atoms with van der Waals surface area (Å²) >= 11 is 2.03. The van der Waals surface area contributed by atoms with Gasteiger partial charge in [0.05, 0.1) is 12.6 Å². The van der Waals surface area contributed by atoms with Crippen molar-refractivity contribution < 1.29 is 9.53 Å². The summed E-state index contributed by atoms with van der Waals surface area (Å²) in [5.74, 6) is 1.30. The Morgan fingerprint density at radius 1 is 1.56 bits per heavy atom. The molecule has 0 aromatic rings. The van der Waals surface area contributed by atoms with Gasteiger partial charge in [0.25, 0.3) is 0 Å². The van der Waals surface area contributed by atoms with Crippen LogP contribution in [0.1, 0.15) is 26.2 Å². The second kappa shape index (κ2) is 7.36. The minimum atomic E-state index is 0.146. The zero-order valence-electron chi connectivity index (χ0n) is 11.2. The molecule has 0 radical (unpaired) electrons. The molecule has 0 saturated carbocycles. The second-order valence-electron chi connectivity index (χ2n) is 5.08. The molecule has 1 amide bonds. The van der Waals surface area contributed by atoms with Gasteiger partial charge in [-0.25, -0.2) is 0 Å². The third kappa shape index (κ3) is 4.44. The maximum atomic E-state index is 11.8. The van der Waals surface area contributed by atoms with Crippen molar-refractivity contribution in [2.45, 2.75) is 37.5 Å². The van der Waals surface area contributed by atoms with E-state index in [1.165, 1.54) is 6.42 Å². The van der Waals surface area contributed by atoms with Crippen molar-refractivity contribution in [2.75, 3.05) is 38.5 Å². The summed E-state index contributed by atoms with van der Waals surface area (Å²) in [6, 6.07) is 0. The summed E-state index contributed by atoms with van der Waals surface area (Å²) in [4.78, 5) is 14.1. The molecule has 1 N–H and O–H groups in total. The van der Waals surface area contributed by atoms with E-state index < -0.39 is 0 Å². The lowest BCUT2D eigenvalue weighted by molar-refractivity contribution is -0.122. The van der Waals surface area contributed by atoms with Gasteiger partial charge in [0.2, 0.25) is 5.91 Å². The molecule has 2 atom stereocenters. The van der Waals surface area contributed by atoms with Gasteiger partial charge in [-0.15, -0.1) is 0 Å². The molecule has 18 heavy (non-hydrogen) atoms. The Kier molecular flexibility index (Phi) is 5.79. The largest absolute Gasteiger partial charge is 0.376 e. The van der Waals surface area contributed by atoms with Gasteiger partial charge >= 0.3 is 0 Å². The molecule has 2 aliphatic rings. The Hall–Kier alpha value is -0.260. The van der Waals surface area contributed by atoms with Crippen LogP contribution in [0.5, 0.6) is 0 Å². The van der Waals surface area contributed by atoms with Crippen molar-refractivity contribution in [1.82, 2.24) is 10.2 Å².